The highest BCUT2D eigenvalue weighted by molar-refractivity contribution is 5.39. The molecule has 16 heavy (non-hydrogen) atoms. The second-order valence-electron chi connectivity index (χ2n) is 3.76. The van der Waals surface area contributed by atoms with Crippen LogP contribution in [-0.2, 0) is 6.54 Å². The molecule has 2 heterocycles. The molecule has 0 fully saturated rings. The van der Waals surface area contributed by atoms with E-state index in [4.69, 9.17) is 0 Å². The van der Waals surface area contributed by atoms with E-state index >= 15 is 0 Å². The quantitative estimate of drug-likeness (QED) is 0.842. The maximum atomic E-state index is 4.24. The molecule has 0 bridgehead atoms. The summed E-state index contributed by atoms with van der Waals surface area (Å²) >= 11 is 0. The van der Waals surface area contributed by atoms with E-state index in [9.17, 15) is 0 Å². The third-order valence-corrected chi connectivity index (χ3v) is 2.28. The van der Waals surface area contributed by atoms with Crippen molar-refractivity contribution in [3.63, 3.8) is 0 Å². The molecule has 0 radical (unpaired) electrons. The Kier molecular flexibility index (Phi) is 3.14. The van der Waals surface area contributed by atoms with Crippen LogP contribution in [0, 0.1) is 6.92 Å². The van der Waals surface area contributed by atoms with Crippen molar-refractivity contribution in [1.29, 1.82) is 0 Å². The van der Waals surface area contributed by atoms with Crippen molar-refractivity contribution in [2.24, 2.45) is 0 Å². The van der Waals surface area contributed by atoms with Crippen LogP contribution in [0.4, 0.5) is 5.82 Å². The minimum atomic E-state index is 0.260. The first-order valence-electron chi connectivity index (χ1n) is 5.27. The minimum Gasteiger partial charge on any atom is -0.364 e. The van der Waals surface area contributed by atoms with Crippen molar-refractivity contribution < 1.29 is 0 Å². The van der Waals surface area contributed by atoms with Crippen LogP contribution >= 0.6 is 0 Å². The summed E-state index contributed by atoms with van der Waals surface area (Å²) in [5, 5.41) is 7.47. The van der Waals surface area contributed by atoms with Gasteiger partial charge in [-0.15, -0.1) is 0 Å². The molecule has 2 aromatic rings. The number of hydrogen-bond donors (Lipinski definition) is 1. The summed E-state index contributed by atoms with van der Waals surface area (Å²) in [6, 6.07) is 2.18. The molecule has 0 saturated carbocycles. The molecule has 0 saturated heterocycles. The van der Waals surface area contributed by atoms with Crippen molar-refractivity contribution in [1.82, 2.24) is 19.7 Å². The van der Waals surface area contributed by atoms with Gasteiger partial charge in [-0.2, -0.15) is 5.10 Å². The Morgan fingerprint density at radius 3 is 2.81 bits per heavy atom. The van der Waals surface area contributed by atoms with Crippen LogP contribution in [-0.4, -0.2) is 25.8 Å². The number of nitrogens with one attached hydrogen (secondary N) is 1. The third-order valence-electron chi connectivity index (χ3n) is 2.28. The molecule has 1 unspecified atom stereocenters. The maximum Gasteiger partial charge on any atom is 0.147 e. The molecule has 1 atom stereocenters. The van der Waals surface area contributed by atoms with Crippen molar-refractivity contribution in [3.05, 3.63) is 36.5 Å². The molecule has 2 aromatic heterocycles. The highest BCUT2D eigenvalue weighted by atomic mass is 15.3. The zero-order chi connectivity index (χ0) is 11.4. The lowest BCUT2D eigenvalue weighted by Crippen LogP contribution is -2.23. The summed E-state index contributed by atoms with van der Waals surface area (Å²) in [4.78, 5) is 8.43. The van der Waals surface area contributed by atoms with Crippen LogP contribution in [0.5, 0.6) is 0 Å². The summed E-state index contributed by atoms with van der Waals surface area (Å²) in [6.07, 6.45) is 7.11. The van der Waals surface area contributed by atoms with Gasteiger partial charge in [-0.1, -0.05) is 0 Å². The van der Waals surface area contributed by atoms with Gasteiger partial charge in [0.2, 0.25) is 0 Å². The molecular formula is C11H15N5. The molecule has 5 nitrogen and oxygen atoms in total. The molecular weight excluding hydrogens is 202 g/mol. The lowest BCUT2D eigenvalue weighted by atomic mass is 10.3. The second kappa shape index (κ2) is 4.74. The SMILES string of the molecule is Cc1nccnc1NC(C)Cn1cccn1. The fourth-order valence-electron chi connectivity index (χ4n) is 1.52. The van der Waals surface area contributed by atoms with Crippen LogP contribution in [0.1, 0.15) is 12.6 Å². The lowest BCUT2D eigenvalue weighted by molar-refractivity contribution is 0.559. The monoisotopic (exact) mass is 217 g/mol. The highest BCUT2D eigenvalue weighted by Crippen LogP contribution is 2.08. The second-order valence-corrected chi connectivity index (χ2v) is 3.76. The first-order chi connectivity index (χ1) is 7.75. The van der Waals surface area contributed by atoms with Gasteiger partial charge in [-0.25, -0.2) is 4.98 Å². The molecule has 0 spiro atoms. The standard InChI is InChI=1S/C11H15N5/c1-9(8-16-7-3-4-14-16)15-11-10(2)12-5-6-13-11/h3-7,9H,8H2,1-2H3,(H,13,15). The fraction of sp³-hybridized carbons (Fsp3) is 0.364. The van der Waals surface area contributed by atoms with Gasteiger partial charge >= 0.3 is 0 Å². The van der Waals surface area contributed by atoms with Gasteiger partial charge in [0, 0.05) is 30.8 Å². The number of rotatable bonds is 4. The van der Waals surface area contributed by atoms with Gasteiger partial charge in [0.05, 0.1) is 12.2 Å². The normalized spacial score (nSPS) is 12.4. The fourth-order valence-corrected chi connectivity index (χ4v) is 1.52. The Bertz CT molecular complexity index is 437. The smallest absolute Gasteiger partial charge is 0.147 e. The molecule has 2 rings (SSSR count). The van der Waals surface area contributed by atoms with Crippen molar-refractivity contribution >= 4 is 5.82 Å². The average molecular weight is 217 g/mol. The van der Waals surface area contributed by atoms with Gasteiger partial charge in [-0.3, -0.25) is 9.67 Å². The zero-order valence-electron chi connectivity index (χ0n) is 9.46. The summed E-state index contributed by atoms with van der Waals surface area (Å²) in [7, 11) is 0. The first kappa shape index (κ1) is 10.6. The predicted molar refractivity (Wildman–Crippen MR) is 62.1 cm³/mol. The van der Waals surface area contributed by atoms with Gasteiger partial charge in [0.25, 0.3) is 0 Å². The summed E-state index contributed by atoms with van der Waals surface area (Å²) in [5.74, 6) is 0.835. The van der Waals surface area contributed by atoms with E-state index in [1.165, 1.54) is 0 Å². The number of aryl methyl sites for hydroxylation is 1. The molecule has 5 heteroatoms. The Hall–Kier alpha value is -1.91. The number of hydrogen-bond acceptors (Lipinski definition) is 4. The number of aromatic nitrogens is 4. The van der Waals surface area contributed by atoms with Crippen molar-refractivity contribution in [3.8, 4) is 0 Å². The van der Waals surface area contributed by atoms with E-state index in [1.807, 2.05) is 23.9 Å². The van der Waals surface area contributed by atoms with Crippen LogP contribution in [0.15, 0.2) is 30.9 Å². The molecule has 0 amide bonds. The molecule has 0 aliphatic rings. The van der Waals surface area contributed by atoms with E-state index in [0.29, 0.717) is 0 Å². The summed E-state index contributed by atoms with van der Waals surface area (Å²) in [6.45, 7) is 4.84. The number of nitrogens with zero attached hydrogens (tertiary/aromatic N) is 4. The number of anilines is 1. The Morgan fingerprint density at radius 2 is 2.12 bits per heavy atom. The first-order valence-corrected chi connectivity index (χ1v) is 5.27. The van der Waals surface area contributed by atoms with E-state index < -0.39 is 0 Å². The molecule has 0 aliphatic carbocycles. The van der Waals surface area contributed by atoms with E-state index in [2.05, 4.69) is 27.3 Å². The minimum absolute atomic E-state index is 0.260. The largest absolute Gasteiger partial charge is 0.364 e. The average Bonchev–Trinajstić information content (AvgIpc) is 2.74. The zero-order valence-corrected chi connectivity index (χ0v) is 9.46. The summed E-state index contributed by atoms with van der Waals surface area (Å²) in [5.41, 5.74) is 0.912. The third kappa shape index (κ3) is 2.56. The predicted octanol–water partition coefficient (Wildman–Crippen LogP) is 1.48. The van der Waals surface area contributed by atoms with E-state index in [1.54, 1.807) is 18.6 Å². The lowest BCUT2D eigenvalue weighted by Gasteiger charge is -2.15. The highest BCUT2D eigenvalue weighted by Gasteiger charge is 2.06. The van der Waals surface area contributed by atoms with Gasteiger partial charge in [0.1, 0.15) is 5.82 Å². The van der Waals surface area contributed by atoms with Crippen LogP contribution in [0.25, 0.3) is 0 Å². The van der Waals surface area contributed by atoms with E-state index in [-0.39, 0.29) is 6.04 Å². The molecule has 0 aromatic carbocycles. The Morgan fingerprint density at radius 1 is 1.31 bits per heavy atom. The van der Waals surface area contributed by atoms with Gasteiger partial charge in [0.15, 0.2) is 0 Å². The Labute approximate surface area is 94.5 Å². The van der Waals surface area contributed by atoms with Crippen LogP contribution in [0.2, 0.25) is 0 Å². The van der Waals surface area contributed by atoms with Gasteiger partial charge in [-0.05, 0) is 19.9 Å². The van der Waals surface area contributed by atoms with Crippen molar-refractivity contribution in [2.75, 3.05) is 5.32 Å². The Balaban J connectivity index is 1.97. The summed E-state index contributed by atoms with van der Waals surface area (Å²) < 4.78 is 1.89. The maximum absolute atomic E-state index is 4.24. The van der Waals surface area contributed by atoms with Crippen LogP contribution in [0.3, 0.4) is 0 Å². The molecule has 84 valence electrons. The van der Waals surface area contributed by atoms with E-state index in [0.717, 1.165) is 18.1 Å². The van der Waals surface area contributed by atoms with Gasteiger partial charge < -0.3 is 5.32 Å². The molecule has 1 N–H and O–H groups in total. The topological polar surface area (TPSA) is 55.6 Å². The molecule has 0 aliphatic heterocycles. The van der Waals surface area contributed by atoms with Crippen molar-refractivity contribution in [2.45, 2.75) is 26.4 Å². The van der Waals surface area contributed by atoms with Crippen LogP contribution < -0.4 is 5.32 Å².